The summed E-state index contributed by atoms with van der Waals surface area (Å²) in [5, 5.41) is 0. The lowest BCUT2D eigenvalue weighted by molar-refractivity contribution is -0.157. The minimum absolute atomic E-state index is 0.0116. The third kappa shape index (κ3) is 1.39. The molecule has 2 fully saturated rings. The Morgan fingerprint density at radius 2 is 2.20 bits per heavy atom. The molecule has 80 valence electrons. The van der Waals surface area contributed by atoms with Gasteiger partial charge in [-0.3, -0.25) is 9.59 Å². The molecule has 0 aromatic rings. The Kier molecular flexibility index (Phi) is 2.39. The van der Waals surface area contributed by atoms with Gasteiger partial charge in [0.05, 0.1) is 6.54 Å². The number of hydrogen-bond donors (Lipinski definition) is 0. The molecule has 0 radical (unpaired) electrons. The summed E-state index contributed by atoms with van der Waals surface area (Å²) >= 11 is 0. The first kappa shape index (κ1) is 10.0. The van der Waals surface area contributed by atoms with Crippen LogP contribution in [0.3, 0.4) is 0 Å². The van der Waals surface area contributed by atoms with Crippen LogP contribution in [0.15, 0.2) is 0 Å². The lowest BCUT2D eigenvalue weighted by Crippen LogP contribution is -2.61. The van der Waals surface area contributed by atoms with Crippen molar-refractivity contribution < 1.29 is 9.59 Å². The fourth-order valence-electron chi connectivity index (χ4n) is 2.36. The fourth-order valence-corrected chi connectivity index (χ4v) is 2.36. The highest BCUT2D eigenvalue weighted by molar-refractivity contribution is 5.97. The molecule has 4 nitrogen and oxygen atoms in total. The molecule has 2 heterocycles. The van der Waals surface area contributed by atoms with Crippen molar-refractivity contribution in [2.24, 2.45) is 0 Å². The molecular weight excluding hydrogens is 192 g/mol. The number of terminal acetylenes is 1. The van der Waals surface area contributed by atoms with Gasteiger partial charge in [-0.05, 0) is 19.8 Å². The minimum Gasteiger partial charge on any atom is -0.329 e. The third-order valence-electron chi connectivity index (χ3n) is 3.19. The van der Waals surface area contributed by atoms with E-state index in [1.807, 2.05) is 0 Å². The highest BCUT2D eigenvalue weighted by atomic mass is 16.2. The van der Waals surface area contributed by atoms with E-state index < -0.39 is 6.04 Å². The highest BCUT2D eigenvalue weighted by Gasteiger charge is 2.45. The largest absolute Gasteiger partial charge is 0.329 e. The van der Waals surface area contributed by atoms with Gasteiger partial charge in [-0.1, -0.05) is 5.92 Å². The van der Waals surface area contributed by atoms with Crippen LogP contribution in [-0.4, -0.2) is 46.8 Å². The second-order valence-electron chi connectivity index (χ2n) is 4.04. The van der Waals surface area contributed by atoms with Crippen molar-refractivity contribution in [2.45, 2.75) is 31.8 Å². The minimum atomic E-state index is -0.400. The van der Waals surface area contributed by atoms with Gasteiger partial charge in [0.15, 0.2) is 0 Å². The maximum Gasteiger partial charge on any atom is 0.246 e. The van der Waals surface area contributed by atoms with Gasteiger partial charge in [-0.25, -0.2) is 0 Å². The van der Waals surface area contributed by atoms with Crippen molar-refractivity contribution in [1.29, 1.82) is 0 Å². The summed E-state index contributed by atoms with van der Waals surface area (Å²) in [4.78, 5) is 27.1. The van der Waals surface area contributed by atoms with E-state index in [2.05, 4.69) is 5.92 Å². The molecule has 0 N–H and O–H groups in total. The predicted octanol–water partition coefficient (Wildman–Crippen LogP) is -0.159. The van der Waals surface area contributed by atoms with E-state index in [1.165, 1.54) is 4.90 Å². The highest BCUT2D eigenvalue weighted by Crippen LogP contribution is 2.26. The lowest BCUT2D eigenvalue weighted by Gasteiger charge is -2.40. The first-order chi connectivity index (χ1) is 7.16. The van der Waals surface area contributed by atoms with Crippen molar-refractivity contribution in [1.82, 2.24) is 9.80 Å². The Bertz CT molecular complexity index is 345. The first-order valence-electron chi connectivity index (χ1n) is 5.21. The van der Waals surface area contributed by atoms with E-state index in [9.17, 15) is 9.59 Å². The smallest absolute Gasteiger partial charge is 0.246 e. The van der Waals surface area contributed by atoms with Crippen molar-refractivity contribution in [3.8, 4) is 12.3 Å². The van der Waals surface area contributed by atoms with Gasteiger partial charge in [0.1, 0.15) is 12.1 Å². The van der Waals surface area contributed by atoms with E-state index in [0.29, 0.717) is 6.54 Å². The Labute approximate surface area is 89.2 Å². The number of rotatable bonds is 1. The zero-order valence-corrected chi connectivity index (χ0v) is 8.77. The van der Waals surface area contributed by atoms with E-state index in [0.717, 1.165) is 12.8 Å². The molecule has 2 atom stereocenters. The first-order valence-corrected chi connectivity index (χ1v) is 5.21. The van der Waals surface area contributed by atoms with Gasteiger partial charge in [0.25, 0.3) is 0 Å². The number of fused-ring (bicyclic) bond motifs is 1. The summed E-state index contributed by atoms with van der Waals surface area (Å²) < 4.78 is 0. The molecule has 0 aromatic heterocycles. The van der Waals surface area contributed by atoms with E-state index in [-0.39, 0.29) is 24.4 Å². The quantitative estimate of drug-likeness (QED) is 0.559. The monoisotopic (exact) mass is 206 g/mol. The van der Waals surface area contributed by atoms with Gasteiger partial charge in [-0.15, -0.1) is 6.42 Å². The zero-order chi connectivity index (χ0) is 11.0. The number of amides is 2. The van der Waals surface area contributed by atoms with Crippen LogP contribution in [0.2, 0.25) is 0 Å². The van der Waals surface area contributed by atoms with Crippen molar-refractivity contribution in [3.63, 3.8) is 0 Å². The average Bonchev–Trinajstić information content (AvgIpc) is 2.70. The molecule has 0 aromatic carbocycles. The van der Waals surface area contributed by atoms with E-state index in [4.69, 9.17) is 6.42 Å². The Balaban J connectivity index is 2.26. The maximum atomic E-state index is 12.0. The van der Waals surface area contributed by atoms with Gasteiger partial charge in [0.2, 0.25) is 11.8 Å². The molecule has 2 rings (SSSR count). The molecule has 2 saturated heterocycles. The molecule has 0 saturated carbocycles. The van der Waals surface area contributed by atoms with Crippen LogP contribution >= 0.6 is 0 Å². The third-order valence-corrected chi connectivity index (χ3v) is 3.19. The normalized spacial score (nSPS) is 30.4. The van der Waals surface area contributed by atoms with Crippen LogP contribution < -0.4 is 0 Å². The molecular formula is C11H14N2O2. The number of nitrogens with zero attached hydrogens (tertiary/aromatic N) is 2. The molecule has 2 aliphatic rings. The number of carbonyl (C=O) groups is 2. The van der Waals surface area contributed by atoms with Gasteiger partial charge < -0.3 is 9.80 Å². The van der Waals surface area contributed by atoms with Gasteiger partial charge >= 0.3 is 0 Å². The molecule has 15 heavy (non-hydrogen) atoms. The number of carbonyl (C=O) groups excluding carboxylic acids is 2. The Hall–Kier alpha value is -1.50. The van der Waals surface area contributed by atoms with E-state index in [1.54, 1.807) is 11.8 Å². The summed E-state index contributed by atoms with van der Waals surface area (Å²) in [5.74, 6) is 2.48. The standard InChI is InChI=1S/C11H14N2O2/c1-3-6-12-8(2)10(14)13-7-4-5-9(13)11(12)15/h1,8-9H,4-7H2,2H3. The SMILES string of the molecule is C#CCN1C(=O)C2CCCN2C(=O)C1C. The molecule has 2 amide bonds. The van der Waals surface area contributed by atoms with E-state index >= 15 is 0 Å². The van der Waals surface area contributed by atoms with Crippen LogP contribution in [0.1, 0.15) is 19.8 Å². The molecule has 2 aliphatic heterocycles. The van der Waals surface area contributed by atoms with Crippen LogP contribution in [0.5, 0.6) is 0 Å². The van der Waals surface area contributed by atoms with Crippen molar-refractivity contribution >= 4 is 11.8 Å². The van der Waals surface area contributed by atoms with Crippen LogP contribution in [-0.2, 0) is 9.59 Å². The van der Waals surface area contributed by atoms with Gasteiger partial charge in [-0.2, -0.15) is 0 Å². The average molecular weight is 206 g/mol. The van der Waals surface area contributed by atoms with Crippen LogP contribution in [0, 0.1) is 12.3 Å². The zero-order valence-electron chi connectivity index (χ0n) is 8.77. The van der Waals surface area contributed by atoms with Crippen LogP contribution in [0.4, 0.5) is 0 Å². The van der Waals surface area contributed by atoms with Crippen molar-refractivity contribution in [2.75, 3.05) is 13.1 Å². The molecule has 2 unspecified atom stereocenters. The fraction of sp³-hybridized carbons (Fsp3) is 0.636. The summed E-state index contributed by atoms with van der Waals surface area (Å²) in [6.07, 6.45) is 6.89. The molecule has 4 heteroatoms. The molecule has 0 spiro atoms. The number of piperazine rings is 1. The second kappa shape index (κ2) is 3.58. The summed E-state index contributed by atoms with van der Waals surface area (Å²) in [6, 6.07) is -0.648. The predicted molar refractivity (Wildman–Crippen MR) is 54.7 cm³/mol. The Morgan fingerprint density at radius 1 is 1.47 bits per heavy atom. The van der Waals surface area contributed by atoms with Crippen molar-refractivity contribution in [3.05, 3.63) is 0 Å². The summed E-state index contributed by atoms with van der Waals surface area (Å²) in [6.45, 7) is 2.69. The number of hydrogen-bond acceptors (Lipinski definition) is 2. The summed E-state index contributed by atoms with van der Waals surface area (Å²) in [7, 11) is 0. The second-order valence-corrected chi connectivity index (χ2v) is 4.04. The van der Waals surface area contributed by atoms with Gasteiger partial charge in [0, 0.05) is 6.54 Å². The molecule has 0 aliphatic carbocycles. The topological polar surface area (TPSA) is 40.6 Å². The van der Waals surface area contributed by atoms with Crippen LogP contribution in [0.25, 0.3) is 0 Å². The Morgan fingerprint density at radius 3 is 2.87 bits per heavy atom. The lowest BCUT2D eigenvalue weighted by atomic mass is 10.1. The summed E-state index contributed by atoms with van der Waals surface area (Å²) in [5.41, 5.74) is 0. The maximum absolute atomic E-state index is 12.0. The molecule has 0 bridgehead atoms.